The molecule has 0 spiro atoms. The van der Waals surface area contributed by atoms with Crippen molar-refractivity contribution in [1.29, 1.82) is 0 Å². The smallest absolute Gasteiger partial charge is 0.00286 e. The zero-order valence-corrected chi connectivity index (χ0v) is 23.6. The van der Waals surface area contributed by atoms with Crippen LogP contribution in [0.15, 0.2) is 0 Å². The summed E-state index contributed by atoms with van der Waals surface area (Å²) in [5.41, 5.74) is 0. The van der Waals surface area contributed by atoms with Gasteiger partial charge < -0.3 is 0 Å². The predicted octanol–water partition coefficient (Wildman–Crippen LogP) is 11.3. The normalized spacial score (nSPS) is 11.0. The molecular formula is C27H58BrP. The van der Waals surface area contributed by atoms with Crippen molar-refractivity contribution in [3.63, 3.8) is 0 Å². The van der Waals surface area contributed by atoms with Crippen LogP contribution in [0.2, 0.25) is 0 Å². The van der Waals surface area contributed by atoms with Crippen molar-refractivity contribution in [3.8, 4) is 0 Å². The fourth-order valence-corrected chi connectivity index (χ4v) is 6.37. The van der Waals surface area contributed by atoms with Crippen LogP contribution in [-0.2, 0) is 0 Å². The molecule has 0 saturated carbocycles. The third kappa shape index (κ3) is 31.2. The number of hydrogen-bond donors (Lipinski definition) is 0. The molecule has 0 N–H and O–H groups in total. The standard InChI is InChI=1S/C24H51P.C3H7Br/c1-4-7-10-13-16-19-22-25(23-20-17-14-11-8-5-2)24-21-18-15-12-9-6-3;1-2-3-4/h4-24H2,1-3H3;2-3H2,1H3. The third-order valence-corrected chi connectivity index (χ3v) is 9.31. The van der Waals surface area contributed by atoms with E-state index in [2.05, 4.69) is 43.6 Å². The highest BCUT2D eigenvalue weighted by atomic mass is 79.9. The minimum Gasteiger partial charge on any atom is -0.107 e. The van der Waals surface area contributed by atoms with Crippen LogP contribution >= 0.6 is 23.9 Å². The molecule has 0 aliphatic carbocycles. The Morgan fingerprint density at radius 2 is 0.621 bits per heavy atom. The second-order valence-corrected chi connectivity index (χ2v) is 12.3. The van der Waals surface area contributed by atoms with E-state index in [0.29, 0.717) is 7.92 Å². The van der Waals surface area contributed by atoms with Crippen LogP contribution in [0.4, 0.5) is 0 Å². The van der Waals surface area contributed by atoms with Gasteiger partial charge in [0.05, 0.1) is 0 Å². The number of hydrogen-bond acceptors (Lipinski definition) is 0. The Balaban J connectivity index is 0. The molecule has 0 aromatic heterocycles. The van der Waals surface area contributed by atoms with E-state index < -0.39 is 0 Å². The average molecular weight is 494 g/mol. The van der Waals surface area contributed by atoms with E-state index in [0.717, 1.165) is 5.33 Å². The summed E-state index contributed by atoms with van der Waals surface area (Å²) in [5, 5.41) is 1.13. The highest BCUT2D eigenvalue weighted by Gasteiger charge is 2.07. The maximum absolute atomic E-state index is 3.25. The fourth-order valence-electron chi connectivity index (χ4n) is 3.68. The summed E-state index contributed by atoms with van der Waals surface area (Å²) >= 11 is 3.25. The molecule has 0 aliphatic rings. The van der Waals surface area contributed by atoms with Gasteiger partial charge in [-0.15, -0.1) is 7.92 Å². The molecule has 0 atom stereocenters. The molecular weight excluding hydrogens is 435 g/mol. The maximum atomic E-state index is 3.25. The van der Waals surface area contributed by atoms with Gasteiger partial charge in [0.2, 0.25) is 0 Å². The Bertz CT molecular complexity index is 217. The Hall–Kier alpha value is 0.910. The van der Waals surface area contributed by atoms with E-state index in [1.165, 1.54) is 122 Å². The molecule has 2 heteroatoms. The summed E-state index contributed by atoms with van der Waals surface area (Å²) in [7, 11) is 0.366. The van der Waals surface area contributed by atoms with Crippen molar-refractivity contribution in [2.75, 3.05) is 23.8 Å². The van der Waals surface area contributed by atoms with Crippen LogP contribution < -0.4 is 0 Å². The van der Waals surface area contributed by atoms with Gasteiger partial charge in [-0.1, -0.05) is 140 Å². The van der Waals surface area contributed by atoms with Crippen LogP contribution in [0.1, 0.15) is 150 Å². The number of halogens is 1. The van der Waals surface area contributed by atoms with Gasteiger partial charge in [-0.3, -0.25) is 0 Å². The highest BCUT2D eigenvalue weighted by molar-refractivity contribution is 9.09. The molecule has 0 radical (unpaired) electrons. The van der Waals surface area contributed by atoms with E-state index in [1.54, 1.807) is 18.5 Å². The largest absolute Gasteiger partial charge is 0.107 e. The summed E-state index contributed by atoms with van der Waals surface area (Å²) in [6.07, 6.45) is 32.5. The van der Waals surface area contributed by atoms with Crippen LogP contribution in [0, 0.1) is 0 Å². The summed E-state index contributed by atoms with van der Waals surface area (Å²) < 4.78 is 0. The highest BCUT2D eigenvalue weighted by Crippen LogP contribution is 2.39. The van der Waals surface area contributed by atoms with Crippen molar-refractivity contribution in [2.45, 2.75) is 150 Å². The Morgan fingerprint density at radius 1 is 0.379 bits per heavy atom. The van der Waals surface area contributed by atoms with Gasteiger partial charge in [0.25, 0.3) is 0 Å². The van der Waals surface area contributed by atoms with Crippen LogP contribution in [0.5, 0.6) is 0 Å². The first-order chi connectivity index (χ1) is 14.3. The predicted molar refractivity (Wildman–Crippen MR) is 146 cm³/mol. The van der Waals surface area contributed by atoms with Gasteiger partial charge in [-0.25, -0.2) is 0 Å². The lowest BCUT2D eigenvalue weighted by molar-refractivity contribution is 0.617. The minimum atomic E-state index is 0.366. The van der Waals surface area contributed by atoms with E-state index in [1.807, 2.05) is 0 Å². The summed E-state index contributed by atoms with van der Waals surface area (Å²) in [6.45, 7) is 9.09. The molecule has 29 heavy (non-hydrogen) atoms. The van der Waals surface area contributed by atoms with Gasteiger partial charge in [0.15, 0.2) is 0 Å². The third-order valence-electron chi connectivity index (χ3n) is 5.67. The molecule has 0 unspecified atom stereocenters. The maximum Gasteiger partial charge on any atom is 0.00286 e. The first-order valence-corrected chi connectivity index (χ1v) is 16.6. The Labute approximate surface area is 197 Å². The van der Waals surface area contributed by atoms with Crippen LogP contribution in [0.25, 0.3) is 0 Å². The molecule has 0 amide bonds. The fraction of sp³-hybridized carbons (Fsp3) is 1.00. The lowest BCUT2D eigenvalue weighted by Crippen LogP contribution is -1.97. The molecule has 0 bridgehead atoms. The quantitative estimate of drug-likeness (QED) is 0.0799. The van der Waals surface area contributed by atoms with Crippen LogP contribution in [-0.4, -0.2) is 23.8 Å². The lowest BCUT2D eigenvalue weighted by Gasteiger charge is -2.18. The van der Waals surface area contributed by atoms with Crippen molar-refractivity contribution < 1.29 is 0 Å². The molecule has 0 fully saturated rings. The van der Waals surface area contributed by atoms with Gasteiger partial charge in [-0.05, 0) is 44.2 Å². The van der Waals surface area contributed by atoms with Crippen molar-refractivity contribution in [3.05, 3.63) is 0 Å². The molecule has 178 valence electrons. The summed E-state index contributed by atoms with van der Waals surface area (Å²) in [4.78, 5) is 0. The molecule has 0 saturated heterocycles. The molecule has 0 aromatic rings. The number of alkyl halides is 1. The van der Waals surface area contributed by atoms with Gasteiger partial charge in [0.1, 0.15) is 0 Å². The van der Waals surface area contributed by atoms with Gasteiger partial charge >= 0.3 is 0 Å². The Kier molecular flexibility index (Phi) is 34.4. The van der Waals surface area contributed by atoms with E-state index in [9.17, 15) is 0 Å². The number of unbranched alkanes of at least 4 members (excludes halogenated alkanes) is 15. The zero-order valence-electron chi connectivity index (χ0n) is 21.1. The summed E-state index contributed by atoms with van der Waals surface area (Å²) in [6, 6.07) is 0. The van der Waals surface area contributed by atoms with Gasteiger partial charge in [-0.2, -0.15) is 0 Å². The van der Waals surface area contributed by atoms with E-state index in [-0.39, 0.29) is 0 Å². The minimum absolute atomic E-state index is 0.366. The topological polar surface area (TPSA) is 0 Å². The van der Waals surface area contributed by atoms with Crippen molar-refractivity contribution in [2.24, 2.45) is 0 Å². The second-order valence-electron chi connectivity index (χ2n) is 8.83. The van der Waals surface area contributed by atoms with E-state index >= 15 is 0 Å². The first kappa shape index (κ1) is 32.1. The van der Waals surface area contributed by atoms with Crippen molar-refractivity contribution in [1.82, 2.24) is 0 Å². The zero-order chi connectivity index (χ0) is 21.8. The van der Waals surface area contributed by atoms with Gasteiger partial charge in [0, 0.05) is 5.33 Å². The second kappa shape index (κ2) is 31.1. The lowest BCUT2D eigenvalue weighted by atomic mass is 10.1. The SMILES string of the molecule is CCCBr.CCCCCCCCP(CCCCCCCC)CCCCCCCC. The monoisotopic (exact) mass is 492 g/mol. The molecule has 0 nitrogen and oxygen atoms in total. The van der Waals surface area contributed by atoms with Crippen molar-refractivity contribution >= 4 is 23.9 Å². The first-order valence-electron chi connectivity index (χ1n) is 13.5. The molecule has 0 heterocycles. The molecule has 0 rings (SSSR count). The average Bonchev–Trinajstić information content (AvgIpc) is 2.75. The van der Waals surface area contributed by atoms with Crippen LogP contribution in [0.3, 0.4) is 0 Å². The number of rotatable bonds is 22. The molecule has 0 aliphatic heterocycles. The molecule has 0 aromatic carbocycles. The van der Waals surface area contributed by atoms with E-state index in [4.69, 9.17) is 0 Å². The summed E-state index contributed by atoms with van der Waals surface area (Å²) in [5.74, 6) is 0. The Morgan fingerprint density at radius 3 is 0.862 bits per heavy atom.